The smallest absolute Gasteiger partial charge is 0.249 e. The maximum Gasteiger partial charge on any atom is 0.249 e. The third kappa shape index (κ3) is 2.56. The van der Waals surface area contributed by atoms with Crippen LogP contribution in [0, 0.1) is 0 Å². The van der Waals surface area contributed by atoms with Gasteiger partial charge in [-0.2, -0.15) is 0 Å². The number of hydrogen-bond acceptors (Lipinski definition) is 3. The number of methoxy groups -OCH3 is 1. The molecular formula is C13H14BNO3. The van der Waals surface area contributed by atoms with Gasteiger partial charge in [0.1, 0.15) is 25.1 Å². The topological polar surface area (TPSA) is 40.5 Å². The molecule has 92 valence electrons. The predicted molar refractivity (Wildman–Crippen MR) is 72.9 cm³/mol. The Morgan fingerprint density at radius 3 is 2.67 bits per heavy atom. The van der Waals surface area contributed by atoms with Gasteiger partial charge in [0, 0.05) is 25.4 Å². The van der Waals surface area contributed by atoms with Crippen molar-refractivity contribution in [1.29, 1.82) is 0 Å². The number of nitrogens with zero attached hydrogens (tertiary/aromatic N) is 1. The molecule has 4 nitrogen and oxygen atoms in total. The molecular weight excluding hydrogens is 229 g/mol. The summed E-state index contributed by atoms with van der Waals surface area (Å²) in [6, 6.07) is 8.89. The second-order valence-electron chi connectivity index (χ2n) is 4.05. The Hall–Kier alpha value is -2.17. The maximum absolute atomic E-state index is 11.4. The first-order valence-corrected chi connectivity index (χ1v) is 5.59. The second kappa shape index (κ2) is 5.00. The van der Waals surface area contributed by atoms with Crippen molar-refractivity contribution >= 4 is 13.3 Å². The fraction of sp³-hybridized carbons (Fsp3) is 0.154. The summed E-state index contributed by atoms with van der Waals surface area (Å²) in [4.78, 5) is 11.4. The van der Waals surface area contributed by atoms with Gasteiger partial charge in [0.15, 0.2) is 0 Å². The summed E-state index contributed by atoms with van der Waals surface area (Å²) in [5.41, 5.74) is 0.756. The van der Waals surface area contributed by atoms with Crippen molar-refractivity contribution in [2.24, 2.45) is 7.05 Å². The van der Waals surface area contributed by atoms with E-state index < -0.39 is 0 Å². The SMILES string of the molecule is Bc1cc(=O)n(C)cc1Oc1cccc(OC)c1. The van der Waals surface area contributed by atoms with Crippen LogP contribution in [0.15, 0.2) is 41.3 Å². The molecule has 0 N–H and O–H groups in total. The highest BCUT2D eigenvalue weighted by Gasteiger charge is 2.04. The average Bonchev–Trinajstić information content (AvgIpc) is 2.36. The molecule has 0 saturated heterocycles. The molecule has 0 atom stereocenters. The van der Waals surface area contributed by atoms with E-state index in [9.17, 15) is 4.79 Å². The molecule has 0 aliphatic rings. The number of hydrogen-bond donors (Lipinski definition) is 0. The molecule has 1 aromatic carbocycles. The van der Waals surface area contributed by atoms with E-state index in [2.05, 4.69) is 0 Å². The third-order valence-corrected chi connectivity index (χ3v) is 2.66. The zero-order valence-corrected chi connectivity index (χ0v) is 10.6. The van der Waals surface area contributed by atoms with Crippen molar-refractivity contribution in [3.8, 4) is 17.2 Å². The molecule has 0 radical (unpaired) electrons. The van der Waals surface area contributed by atoms with Gasteiger partial charge in [-0.15, -0.1) is 0 Å². The summed E-state index contributed by atoms with van der Waals surface area (Å²) < 4.78 is 12.4. The minimum atomic E-state index is -0.0505. The molecule has 0 fully saturated rings. The Kier molecular flexibility index (Phi) is 3.41. The fourth-order valence-corrected chi connectivity index (χ4v) is 1.60. The van der Waals surface area contributed by atoms with E-state index in [1.807, 2.05) is 26.0 Å². The van der Waals surface area contributed by atoms with Gasteiger partial charge in [-0.3, -0.25) is 4.79 Å². The lowest BCUT2D eigenvalue weighted by molar-refractivity contribution is 0.409. The minimum absolute atomic E-state index is 0.0505. The van der Waals surface area contributed by atoms with Crippen molar-refractivity contribution in [2.45, 2.75) is 0 Å². The summed E-state index contributed by atoms with van der Waals surface area (Å²) in [6.07, 6.45) is 1.68. The zero-order chi connectivity index (χ0) is 13.1. The van der Waals surface area contributed by atoms with Crippen molar-refractivity contribution in [2.75, 3.05) is 7.11 Å². The summed E-state index contributed by atoms with van der Waals surface area (Å²) >= 11 is 0. The van der Waals surface area contributed by atoms with Crippen LogP contribution in [0.4, 0.5) is 0 Å². The Bertz CT molecular complexity index is 622. The monoisotopic (exact) mass is 243 g/mol. The molecule has 1 aromatic heterocycles. The van der Waals surface area contributed by atoms with E-state index in [-0.39, 0.29) is 5.56 Å². The molecule has 0 aliphatic carbocycles. The van der Waals surface area contributed by atoms with E-state index >= 15 is 0 Å². The highest BCUT2D eigenvalue weighted by atomic mass is 16.5. The third-order valence-electron chi connectivity index (χ3n) is 2.66. The van der Waals surface area contributed by atoms with Crippen LogP contribution in [0.2, 0.25) is 0 Å². The van der Waals surface area contributed by atoms with Gasteiger partial charge >= 0.3 is 0 Å². The van der Waals surface area contributed by atoms with Crippen molar-refractivity contribution < 1.29 is 9.47 Å². The molecule has 0 aliphatic heterocycles. The van der Waals surface area contributed by atoms with Crippen LogP contribution in [0.25, 0.3) is 0 Å². The second-order valence-corrected chi connectivity index (χ2v) is 4.05. The first-order valence-electron chi connectivity index (χ1n) is 5.59. The lowest BCUT2D eigenvalue weighted by atomic mass is 9.96. The first-order chi connectivity index (χ1) is 8.60. The predicted octanol–water partition coefficient (Wildman–Crippen LogP) is 0.445. The molecule has 0 spiro atoms. The molecule has 5 heteroatoms. The van der Waals surface area contributed by atoms with Crippen LogP contribution < -0.4 is 20.5 Å². The number of aromatic nitrogens is 1. The molecule has 1 heterocycles. The van der Waals surface area contributed by atoms with Gasteiger partial charge in [-0.05, 0) is 17.6 Å². The molecule has 0 saturated carbocycles. The number of benzene rings is 1. The Morgan fingerprint density at radius 2 is 1.94 bits per heavy atom. The van der Waals surface area contributed by atoms with E-state index in [0.717, 1.165) is 11.2 Å². The first kappa shape index (κ1) is 12.3. The Labute approximate surface area is 106 Å². The van der Waals surface area contributed by atoms with E-state index in [1.165, 1.54) is 4.57 Å². The standard InChI is InChI=1S/C13H14BNO3/c1-15-8-12(11(14)7-13(15)16)18-10-5-3-4-9(6-10)17-2/h3-8H,14H2,1-2H3. The Balaban J connectivity index is 2.33. The molecule has 0 unspecified atom stereocenters. The van der Waals surface area contributed by atoms with E-state index in [0.29, 0.717) is 11.5 Å². The summed E-state index contributed by atoms with van der Waals surface area (Å²) in [6.45, 7) is 0. The van der Waals surface area contributed by atoms with Gasteiger partial charge in [0.2, 0.25) is 5.56 Å². The van der Waals surface area contributed by atoms with Crippen molar-refractivity contribution in [3.05, 3.63) is 46.9 Å². The highest BCUT2D eigenvalue weighted by molar-refractivity contribution is 6.34. The summed E-state index contributed by atoms with van der Waals surface area (Å²) in [7, 11) is 5.15. The fourth-order valence-electron chi connectivity index (χ4n) is 1.60. The molecule has 0 bridgehead atoms. The van der Waals surface area contributed by atoms with Crippen LogP contribution in [-0.2, 0) is 7.05 Å². The molecule has 18 heavy (non-hydrogen) atoms. The normalized spacial score (nSPS) is 10.1. The lowest BCUT2D eigenvalue weighted by Gasteiger charge is -2.10. The average molecular weight is 243 g/mol. The number of aryl methyl sites for hydroxylation is 1. The van der Waals surface area contributed by atoms with Gasteiger partial charge in [0.25, 0.3) is 0 Å². The van der Waals surface area contributed by atoms with Crippen LogP contribution in [0.1, 0.15) is 0 Å². The summed E-state index contributed by atoms with van der Waals surface area (Å²) in [5.74, 6) is 2.07. The van der Waals surface area contributed by atoms with Gasteiger partial charge in [-0.25, -0.2) is 0 Å². The maximum atomic E-state index is 11.4. The van der Waals surface area contributed by atoms with Gasteiger partial charge in [-0.1, -0.05) is 6.07 Å². The quantitative estimate of drug-likeness (QED) is 0.734. The molecule has 2 rings (SSSR count). The van der Waals surface area contributed by atoms with Crippen LogP contribution >= 0.6 is 0 Å². The van der Waals surface area contributed by atoms with E-state index in [4.69, 9.17) is 9.47 Å². The lowest BCUT2D eigenvalue weighted by Crippen LogP contribution is -2.22. The van der Waals surface area contributed by atoms with Gasteiger partial charge in [0.05, 0.1) is 7.11 Å². The van der Waals surface area contributed by atoms with E-state index in [1.54, 1.807) is 32.5 Å². The van der Waals surface area contributed by atoms with Crippen molar-refractivity contribution in [3.63, 3.8) is 0 Å². The number of pyridine rings is 1. The Morgan fingerprint density at radius 1 is 1.22 bits per heavy atom. The highest BCUT2D eigenvalue weighted by Crippen LogP contribution is 2.23. The summed E-state index contributed by atoms with van der Waals surface area (Å²) in [5, 5.41) is 0. The largest absolute Gasteiger partial charge is 0.497 e. The molecule has 2 aromatic rings. The van der Waals surface area contributed by atoms with Gasteiger partial charge < -0.3 is 14.0 Å². The van der Waals surface area contributed by atoms with Crippen molar-refractivity contribution in [1.82, 2.24) is 4.57 Å². The molecule has 0 amide bonds. The van der Waals surface area contributed by atoms with Crippen LogP contribution in [0.5, 0.6) is 17.2 Å². The van der Waals surface area contributed by atoms with Crippen LogP contribution in [0.3, 0.4) is 0 Å². The van der Waals surface area contributed by atoms with Crippen LogP contribution in [-0.4, -0.2) is 19.5 Å². The number of ether oxygens (including phenoxy) is 2. The zero-order valence-electron chi connectivity index (χ0n) is 10.6. The number of rotatable bonds is 3. The minimum Gasteiger partial charge on any atom is -0.497 e.